The highest BCUT2D eigenvalue weighted by Crippen LogP contribution is 2.32. The summed E-state index contributed by atoms with van der Waals surface area (Å²) in [5.74, 6) is 0.683. The SMILES string of the molecule is CC1(c2nc(-c3cccc([N+](=O)[O-])c3)no2)COCC1N. The molecular weight excluding hydrogens is 276 g/mol. The second kappa shape index (κ2) is 4.90. The normalized spacial score (nSPS) is 25.1. The van der Waals surface area contributed by atoms with Crippen molar-refractivity contribution in [3.8, 4) is 11.4 Å². The smallest absolute Gasteiger partial charge is 0.270 e. The molecule has 2 atom stereocenters. The molecule has 1 fully saturated rings. The highest BCUT2D eigenvalue weighted by molar-refractivity contribution is 5.58. The third-order valence-corrected chi connectivity index (χ3v) is 3.75. The Labute approximate surface area is 120 Å². The van der Waals surface area contributed by atoms with Gasteiger partial charge in [-0.1, -0.05) is 17.3 Å². The van der Waals surface area contributed by atoms with E-state index in [-0.39, 0.29) is 11.7 Å². The summed E-state index contributed by atoms with van der Waals surface area (Å²) in [6, 6.07) is 5.86. The van der Waals surface area contributed by atoms with Crippen LogP contribution in [0.1, 0.15) is 12.8 Å². The monoisotopic (exact) mass is 290 g/mol. The average Bonchev–Trinajstić information content (AvgIpc) is 3.08. The molecule has 2 unspecified atom stereocenters. The summed E-state index contributed by atoms with van der Waals surface area (Å²) in [5.41, 5.74) is 5.98. The Morgan fingerprint density at radius 1 is 1.52 bits per heavy atom. The van der Waals surface area contributed by atoms with E-state index in [0.717, 1.165) is 0 Å². The maximum atomic E-state index is 10.8. The van der Waals surface area contributed by atoms with Gasteiger partial charge in [-0.15, -0.1) is 0 Å². The van der Waals surface area contributed by atoms with E-state index in [4.69, 9.17) is 15.0 Å². The Morgan fingerprint density at radius 3 is 3.00 bits per heavy atom. The van der Waals surface area contributed by atoms with Crippen LogP contribution in [0.3, 0.4) is 0 Å². The van der Waals surface area contributed by atoms with Crippen molar-refractivity contribution in [2.24, 2.45) is 5.73 Å². The van der Waals surface area contributed by atoms with E-state index in [1.807, 2.05) is 6.92 Å². The predicted octanol–water partition coefficient (Wildman–Crippen LogP) is 1.26. The lowest BCUT2D eigenvalue weighted by atomic mass is 9.86. The van der Waals surface area contributed by atoms with E-state index in [9.17, 15) is 10.1 Å². The van der Waals surface area contributed by atoms with Crippen LogP contribution in [-0.4, -0.2) is 34.3 Å². The number of nitrogens with zero attached hydrogens (tertiary/aromatic N) is 3. The number of ether oxygens (including phenoxy) is 1. The van der Waals surface area contributed by atoms with Crippen molar-refractivity contribution in [3.05, 3.63) is 40.3 Å². The molecule has 0 bridgehead atoms. The van der Waals surface area contributed by atoms with Crippen molar-refractivity contribution >= 4 is 5.69 Å². The molecular formula is C13H14N4O4. The molecule has 0 spiro atoms. The number of aromatic nitrogens is 2. The number of hydrogen-bond acceptors (Lipinski definition) is 7. The van der Waals surface area contributed by atoms with E-state index < -0.39 is 10.3 Å². The second-order valence-corrected chi connectivity index (χ2v) is 5.27. The van der Waals surface area contributed by atoms with Gasteiger partial charge in [0.2, 0.25) is 11.7 Å². The van der Waals surface area contributed by atoms with Gasteiger partial charge in [-0.2, -0.15) is 4.98 Å². The fourth-order valence-corrected chi connectivity index (χ4v) is 2.24. The Morgan fingerprint density at radius 2 is 2.33 bits per heavy atom. The molecule has 1 aromatic carbocycles. The number of benzene rings is 1. The van der Waals surface area contributed by atoms with E-state index in [0.29, 0.717) is 30.5 Å². The molecule has 8 heteroatoms. The summed E-state index contributed by atoms with van der Waals surface area (Å²) < 4.78 is 10.6. The van der Waals surface area contributed by atoms with Crippen LogP contribution in [0.5, 0.6) is 0 Å². The lowest BCUT2D eigenvalue weighted by Crippen LogP contribution is -2.42. The third-order valence-electron chi connectivity index (χ3n) is 3.75. The molecule has 1 aliphatic rings. The summed E-state index contributed by atoms with van der Waals surface area (Å²) >= 11 is 0. The summed E-state index contributed by atoms with van der Waals surface area (Å²) in [5, 5.41) is 14.7. The second-order valence-electron chi connectivity index (χ2n) is 5.27. The van der Waals surface area contributed by atoms with Gasteiger partial charge in [0.05, 0.1) is 23.6 Å². The van der Waals surface area contributed by atoms with Crippen LogP contribution in [0.25, 0.3) is 11.4 Å². The standard InChI is InChI=1S/C13H14N4O4/c1-13(7-20-6-10(13)14)12-15-11(16-21-12)8-3-2-4-9(5-8)17(18)19/h2-5,10H,6-7,14H2,1H3. The lowest BCUT2D eigenvalue weighted by Gasteiger charge is -2.21. The molecule has 2 N–H and O–H groups in total. The molecule has 8 nitrogen and oxygen atoms in total. The minimum absolute atomic E-state index is 0.0223. The van der Waals surface area contributed by atoms with Gasteiger partial charge in [0.25, 0.3) is 5.69 Å². The molecule has 0 radical (unpaired) electrons. The zero-order valence-electron chi connectivity index (χ0n) is 11.4. The largest absolute Gasteiger partial charge is 0.379 e. The summed E-state index contributed by atoms with van der Waals surface area (Å²) in [6.07, 6.45) is 0. The van der Waals surface area contributed by atoms with Gasteiger partial charge < -0.3 is 15.0 Å². The number of nitro benzene ring substituents is 1. The Balaban J connectivity index is 1.95. The van der Waals surface area contributed by atoms with Crippen LogP contribution in [0, 0.1) is 10.1 Å². The van der Waals surface area contributed by atoms with Gasteiger partial charge in [0, 0.05) is 23.7 Å². The molecule has 21 heavy (non-hydrogen) atoms. The van der Waals surface area contributed by atoms with Gasteiger partial charge in [-0.05, 0) is 6.92 Å². The quantitative estimate of drug-likeness (QED) is 0.667. The highest BCUT2D eigenvalue weighted by atomic mass is 16.6. The van der Waals surface area contributed by atoms with Crippen molar-refractivity contribution in [1.82, 2.24) is 10.1 Å². The maximum absolute atomic E-state index is 10.8. The van der Waals surface area contributed by atoms with E-state index in [1.165, 1.54) is 12.1 Å². The number of nitrogens with two attached hydrogens (primary N) is 1. The highest BCUT2D eigenvalue weighted by Gasteiger charge is 2.44. The first-order chi connectivity index (χ1) is 10.0. The van der Waals surface area contributed by atoms with Crippen LogP contribution >= 0.6 is 0 Å². The Hall–Kier alpha value is -2.32. The van der Waals surface area contributed by atoms with Crippen LogP contribution in [0.15, 0.2) is 28.8 Å². The zero-order chi connectivity index (χ0) is 15.0. The van der Waals surface area contributed by atoms with E-state index in [2.05, 4.69) is 10.1 Å². The molecule has 0 amide bonds. The summed E-state index contributed by atoms with van der Waals surface area (Å²) in [7, 11) is 0. The van der Waals surface area contributed by atoms with Gasteiger partial charge in [0.15, 0.2) is 0 Å². The van der Waals surface area contributed by atoms with Crippen LogP contribution in [-0.2, 0) is 10.2 Å². The first-order valence-corrected chi connectivity index (χ1v) is 6.43. The fourth-order valence-electron chi connectivity index (χ4n) is 2.24. The number of hydrogen-bond donors (Lipinski definition) is 1. The average molecular weight is 290 g/mol. The Bertz CT molecular complexity index is 686. The van der Waals surface area contributed by atoms with Crippen LogP contribution < -0.4 is 5.73 Å². The fraction of sp³-hybridized carbons (Fsp3) is 0.385. The molecule has 2 heterocycles. The topological polar surface area (TPSA) is 117 Å². The van der Waals surface area contributed by atoms with E-state index >= 15 is 0 Å². The number of non-ortho nitro benzene ring substituents is 1. The van der Waals surface area contributed by atoms with Crippen LogP contribution in [0.4, 0.5) is 5.69 Å². The van der Waals surface area contributed by atoms with Crippen molar-refractivity contribution in [2.45, 2.75) is 18.4 Å². The molecule has 3 rings (SSSR count). The van der Waals surface area contributed by atoms with Crippen molar-refractivity contribution < 1.29 is 14.2 Å². The predicted molar refractivity (Wildman–Crippen MR) is 72.5 cm³/mol. The molecule has 110 valence electrons. The van der Waals surface area contributed by atoms with Crippen LogP contribution in [0.2, 0.25) is 0 Å². The molecule has 1 aliphatic heterocycles. The molecule has 0 aliphatic carbocycles. The van der Waals surface area contributed by atoms with Gasteiger partial charge in [-0.25, -0.2) is 0 Å². The minimum Gasteiger partial charge on any atom is -0.379 e. The summed E-state index contributed by atoms with van der Waals surface area (Å²) in [6.45, 7) is 2.74. The first-order valence-electron chi connectivity index (χ1n) is 6.43. The third kappa shape index (κ3) is 2.28. The van der Waals surface area contributed by atoms with E-state index in [1.54, 1.807) is 12.1 Å². The molecule has 2 aromatic rings. The zero-order valence-corrected chi connectivity index (χ0v) is 11.4. The Kier molecular flexibility index (Phi) is 3.19. The van der Waals surface area contributed by atoms with Gasteiger partial charge in [-0.3, -0.25) is 10.1 Å². The molecule has 1 aromatic heterocycles. The lowest BCUT2D eigenvalue weighted by molar-refractivity contribution is -0.384. The van der Waals surface area contributed by atoms with Gasteiger partial charge in [0.1, 0.15) is 0 Å². The molecule has 0 saturated carbocycles. The number of nitro groups is 1. The first kappa shape index (κ1) is 13.7. The van der Waals surface area contributed by atoms with Crippen molar-refractivity contribution in [1.29, 1.82) is 0 Å². The van der Waals surface area contributed by atoms with Crippen molar-refractivity contribution in [2.75, 3.05) is 13.2 Å². The minimum atomic E-state index is -0.536. The molecule has 1 saturated heterocycles. The number of rotatable bonds is 3. The summed E-state index contributed by atoms with van der Waals surface area (Å²) in [4.78, 5) is 14.7. The van der Waals surface area contributed by atoms with Gasteiger partial charge >= 0.3 is 0 Å². The van der Waals surface area contributed by atoms with Crippen molar-refractivity contribution in [3.63, 3.8) is 0 Å². The maximum Gasteiger partial charge on any atom is 0.270 e.